The Kier molecular flexibility index (Phi) is 7.73. The maximum absolute atomic E-state index is 12.8. The monoisotopic (exact) mass is 324 g/mol. The van der Waals surface area contributed by atoms with E-state index in [0.29, 0.717) is 18.7 Å². The van der Waals surface area contributed by atoms with Gasteiger partial charge in [-0.25, -0.2) is 4.39 Å². The molecule has 0 heterocycles. The number of hydrogen-bond donors (Lipinski definition) is 1. The van der Waals surface area contributed by atoms with E-state index in [4.69, 9.17) is 4.74 Å². The highest BCUT2D eigenvalue weighted by Crippen LogP contribution is 2.04. The molecule has 1 aromatic rings. The van der Waals surface area contributed by atoms with Crippen molar-refractivity contribution in [1.29, 1.82) is 0 Å². The molecule has 23 heavy (non-hydrogen) atoms. The Morgan fingerprint density at radius 1 is 1.17 bits per heavy atom. The van der Waals surface area contributed by atoms with Crippen LogP contribution in [0, 0.1) is 5.82 Å². The van der Waals surface area contributed by atoms with Crippen LogP contribution in [-0.4, -0.2) is 48.9 Å². The quantitative estimate of drug-likeness (QED) is 0.721. The van der Waals surface area contributed by atoms with E-state index in [1.807, 2.05) is 0 Å². The van der Waals surface area contributed by atoms with Crippen molar-refractivity contribution in [3.63, 3.8) is 0 Å². The predicted octanol–water partition coefficient (Wildman–Crippen LogP) is 0.896. The minimum atomic E-state index is -0.584. The zero-order valence-electron chi connectivity index (χ0n) is 13.3. The van der Waals surface area contributed by atoms with Gasteiger partial charge in [-0.3, -0.25) is 14.4 Å². The summed E-state index contributed by atoms with van der Waals surface area (Å²) in [6.45, 7) is 3.85. The number of carbonyl (C=O) groups excluding carboxylic acids is 3. The fourth-order valence-electron chi connectivity index (χ4n) is 1.86. The third-order valence-corrected chi connectivity index (χ3v) is 3.06. The molecule has 0 fully saturated rings. The number of likely N-dealkylation sites (N-methyl/N-ethyl adjacent to an activating group) is 2. The Labute approximate surface area is 134 Å². The minimum Gasteiger partial charge on any atom is -0.455 e. The van der Waals surface area contributed by atoms with Crippen molar-refractivity contribution in [1.82, 2.24) is 10.2 Å². The van der Waals surface area contributed by atoms with Crippen LogP contribution in [0.5, 0.6) is 0 Å². The lowest BCUT2D eigenvalue weighted by molar-refractivity contribution is -0.152. The largest absolute Gasteiger partial charge is 0.455 e. The number of esters is 1. The van der Waals surface area contributed by atoms with Crippen LogP contribution in [0.15, 0.2) is 24.3 Å². The van der Waals surface area contributed by atoms with E-state index in [0.717, 1.165) is 0 Å². The summed E-state index contributed by atoms with van der Waals surface area (Å²) in [6.07, 6.45) is -0.0456. The van der Waals surface area contributed by atoms with Crippen LogP contribution in [0.4, 0.5) is 4.39 Å². The van der Waals surface area contributed by atoms with Crippen LogP contribution < -0.4 is 5.32 Å². The lowest BCUT2D eigenvalue weighted by atomic mass is 10.1. The second-order valence-corrected chi connectivity index (χ2v) is 4.83. The Morgan fingerprint density at radius 3 is 2.39 bits per heavy atom. The molecule has 126 valence electrons. The molecule has 0 saturated heterocycles. The smallest absolute Gasteiger partial charge is 0.310 e. The van der Waals surface area contributed by atoms with Gasteiger partial charge in [0, 0.05) is 13.1 Å². The predicted molar refractivity (Wildman–Crippen MR) is 82.0 cm³/mol. The van der Waals surface area contributed by atoms with Crippen molar-refractivity contribution in [2.24, 2.45) is 0 Å². The first-order valence-corrected chi connectivity index (χ1v) is 7.40. The SMILES string of the molecule is CCNC(=O)CN(CC)C(=O)COC(=O)Cc1ccc(F)cc1. The Balaban J connectivity index is 2.42. The average Bonchev–Trinajstić information content (AvgIpc) is 2.52. The number of amides is 2. The number of hydrogen-bond acceptors (Lipinski definition) is 4. The lowest BCUT2D eigenvalue weighted by Gasteiger charge is -2.20. The van der Waals surface area contributed by atoms with Gasteiger partial charge in [-0.15, -0.1) is 0 Å². The highest BCUT2D eigenvalue weighted by molar-refractivity contribution is 5.86. The molecule has 1 N–H and O–H groups in total. The van der Waals surface area contributed by atoms with Gasteiger partial charge in [0.25, 0.3) is 5.91 Å². The highest BCUT2D eigenvalue weighted by atomic mass is 19.1. The second-order valence-electron chi connectivity index (χ2n) is 4.83. The Morgan fingerprint density at radius 2 is 1.83 bits per heavy atom. The summed E-state index contributed by atoms with van der Waals surface area (Å²) < 4.78 is 17.7. The molecule has 6 nitrogen and oxygen atoms in total. The third kappa shape index (κ3) is 6.90. The van der Waals surface area contributed by atoms with Crippen molar-refractivity contribution >= 4 is 17.8 Å². The maximum Gasteiger partial charge on any atom is 0.310 e. The second kappa shape index (κ2) is 9.55. The maximum atomic E-state index is 12.8. The fraction of sp³-hybridized carbons (Fsp3) is 0.438. The molecule has 2 amide bonds. The topological polar surface area (TPSA) is 75.7 Å². The summed E-state index contributed by atoms with van der Waals surface area (Å²) in [6, 6.07) is 5.45. The molecular formula is C16H21FN2O4. The summed E-state index contributed by atoms with van der Waals surface area (Å²) in [4.78, 5) is 36.4. The average molecular weight is 324 g/mol. The van der Waals surface area contributed by atoms with Crippen LogP contribution in [0.25, 0.3) is 0 Å². The zero-order chi connectivity index (χ0) is 17.2. The van der Waals surface area contributed by atoms with E-state index < -0.39 is 18.5 Å². The molecule has 0 spiro atoms. The van der Waals surface area contributed by atoms with Crippen molar-refractivity contribution in [3.05, 3.63) is 35.6 Å². The van der Waals surface area contributed by atoms with E-state index in [-0.39, 0.29) is 24.7 Å². The number of nitrogens with one attached hydrogen (secondary N) is 1. The molecule has 0 radical (unpaired) electrons. The molecule has 0 aliphatic rings. The van der Waals surface area contributed by atoms with Gasteiger partial charge < -0.3 is 15.0 Å². The molecule has 1 aromatic carbocycles. The number of ether oxygens (including phenoxy) is 1. The summed E-state index contributed by atoms with van der Waals surface area (Å²) in [7, 11) is 0. The molecule has 7 heteroatoms. The van der Waals surface area contributed by atoms with Crippen molar-refractivity contribution in [3.8, 4) is 0 Å². The molecule has 0 saturated carbocycles. The Hall–Kier alpha value is -2.44. The van der Waals surface area contributed by atoms with Gasteiger partial charge in [-0.1, -0.05) is 12.1 Å². The van der Waals surface area contributed by atoms with Crippen molar-refractivity contribution in [2.75, 3.05) is 26.2 Å². The van der Waals surface area contributed by atoms with E-state index in [1.165, 1.54) is 29.2 Å². The van der Waals surface area contributed by atoms with Crippen LogP contribution in [0.2, 0.25) is 0 Å². The standard InChI is InChI=1S/C16H21FN2O4/c1-3-18-14(20)10-19(4-2)15(21)11-23-16(22)9-12-5-7-13(17)8-6-12/h5-8H,3-4,9-11H2,1-2H3,(H,18,20). The first kappa shape index (κ1) is 18.6. The molecular weight excluding hydrogens is 303 g/mol. The summed E-state index contributed by atoms with van der Waals surface area (Å²) >= 11 is 0. The van der Waals surface area contributed by atoms with Gasteiger partial charge in [0.15, 0.2) is 6.61 Å². The van der Waals surface area contributed by atoms with Crippen LogP contribution >= 0.6 is 0 Å². The summed E-state index contributed by atoms with van der Waals surface area (Å²) in [5.41, 5.74) is 0.596. The molecule has 1 rings (SSSR count). The van der Waals surface area contributed by atoms with Gasteiger partial charge in [0.2, 0.25) is 5.91 Å². The summed E-state index contributed by atoms with van der Waals surface area (Å²) in [5, 5.41) is 2.60. The molecule has 0 aromatic heterocycles. The molecule has 0 aliphatic heterocycles. The van der Waals surface area contributed by atoms with Crippen LogP contribution in [0.3, 0.4) is 0 Å². The van der Waals surface area contributed by atoms with E-state index in [1.54, 1.807) is 13.8 Å². The Bertz CT molecular complexity index is 546. The number of nitrogens with zero attached hydrogens (tertiary/aromatic N) is 1. The normalized spacial score (nSPS) is 10.0. The van der Waals surface area contributed by atoms with Crippen molar-refractivity contribution < 1.29 is 23.5 Å². The third-order valence-electron chi connectivity index (χ3n) is 3.06. The zero-order valence-corrected chi connectivity index (χ0v) is 13.3. The number of halogens is 1. The van der Waals surface area contributed by atoms with Crippen LogP contribution in [-0.2, 0) is 25.5 Å². The lowest BCUT2D eigenvalue weighted by Crippen LogP contribution is -2.42. The fourth-order valence-corrected chi connectivity index (χ4v) is 1.86. The number of carbonyl (C=O) groups is 3. The van der Waals surface area contributed by atoms with Gasteiger partial charge in [-0.2, -0.15) is 0 Å². The van der Waals surface area contributed by atoms with E-state index in [9.17, 15) is 18.8 Å². The van der Waals surface area contributed by atoms with E-state index >= 15 is 0 Å². The first-order chi connectivity index (χ1) is 11.0. The molecule has 0 aliphatic carbocycles. The summed E-state index contributed by atoms with van der Waals surface area (Å²) in [5.74, 6) is -1.67. The van der Waals surface area contributed by atoms with Gasteiger partial charge in [0.1, 0.15) is 5.82 Å². The van der Waals surface area contributed by atoms with Gasteiger partial charge in [-0.05, 0) is 31.5 Å². The number of benzene rings is 1. The minimum absolute atomic E-state index is 0.0456. The first-order valence-electron chi connectivity index (χ1n) is 7.40. The molecule has 0 atom stereocenters. The van der Waals surface area contributed by atoms with Gasteiger partial charge >= 0.3 is 5.97 Å². The van der Waals surface area contributed by atoms with Gasteiger partial charge in [0.05, 0.1) is 13.0 Å². The van der Waals surface area contributed by atoms with Crippen molar-refractivity contribution in [2.45, 2.75) is 20.3 Å². The molecule has 0 bridgehead atoms. The highest BCUT2D eigenvalue weighted by Gasteiger charge is 2.17. The molecule has 0 unspecified atom stereocenters. The number of rotatable bonds is 8. The van der Waals surface area contributed by atoms with Crippen LogP contribution in [0.1, 0.15) is 19.4 Å². The van der Waals surface area contributed by atoms with E-state index in [2.05, 4.69) is 5.32 Å².